The van der Waals surface area contributed by atoms with E-state index in [1.54, 1.807) is 6.08 Å². The Morgan fingerprint density at radius 3 is 1.54 bits per heavy atom. The largest absolute Gasteiger partial charge is 0.373 e. The smallest absolute Gasteiger partial charge is 0.352 e. The van der Waals surface area contributed by atoms with E-state index in [0.717, 1.165) is 44.9 Å². The van der Waals surface area contributed by atoms with Crippen molar-refractivity contribution >= 4 is 17.8 Å². The van der Waals surface area contributed by atoms with Gasteiger partial charge in [-0.15, -0.1) is 0 Å². The summed E-state index contributed by atoms with van der Waals surface area (Å²) in [6, 6.07) is 0. The lowest BCUT2D eigenvalue weighted by Crippen LogP contribution is -2.34. The van der Waals surface area contributed by atoms with Crippen LogP contribution in [0.4, 0.5) is 0 Å². The van der Waals surface area contributed by atoms with Crippen molar-refractivity contribution in [1.82, 2.24) is 5.32 Å². The van der Waals surface area contributed by atoms with Gasteiger partial charge in [-0.3, -0.25) is 9.59 Å². The molecule has 0 fully saturated rings. The zero-order valence-corrected chi connectivity index (χ0v) is 23.3. The SMILES string of the molecule is C/C=C/C(=O)NCC(C)(C)CC(=O)CC/C=C\C/C=C\C/C=C\C/C=C\C/C=C\C/C=C\CC.O=C=O. The number of ketones is 1. The minimum absolute atomic E-state index is 0.110. The predicted molar refractivity (Wildman–Crippen MR) is 154 cm³/mol. The van der Waals surface area contributed by atoms with E-state index < -0.39 is 0 Å². The maximum atomic E-state index is 12.2. The second kappa shape index (κ2) is 27.3. The Hall–Kier alpha value is -3.30. The summed E-state index contributed by atoms with van der Waals surface area (Å²) in [5.41, 5.74) is -0.229. The summed E-state index contributed by atoms with van der Waals surface area (Å²) in [7, 11) is 0. The third-order valence-electron chi connectivity index (χ3n) is 4.92. The van der Waals surface area contributed by atoms with Crippen LogP contribution in [-0.4, -0.2) is 24.4 Å². The summed E-state index contributed by atoms with van der Waals surface area (Å²) in [6.45, 7) is 8.49. The summed E-state index contributed by atoms with van der Waals surface area (Å²) >= 11 is 0. The molecule has 0 heterocycles. The third kappa shape index (κ3) is 30.7. The molecule has 0 aliphatic carbocycles. The average molecular weight is 510 g/mol. The molecule has 0 spiro atoms. The minimum Gasteiger partial charge on any atom is -0.352 e. The summed E-state index contributed by atoms with van der Waals surface area (Å²) < 4.78 is 0. The standard InChI is InChI=1S/C31H47NO2.CO2/c1-5-7-8-9-10-11-12-13-14-15-16-17-18-19-20-21-22-23-24-26-29(33)27-31(3,4)28-32-30(34)25-6-2;2-1-3/h6-8,10-11,13-14,16-17,19-20,22-23,25H,5,9,12,15,18,21,24,26-28H2,1-4H3,(H,32,34);/b8-7-,11-10-,14-13-,17-16-,20-19-,23-22-,25-6+;. The number of Topliss-reactive ketones (excluding diaryl/α,β-unsaturated/α-hetero) is 1. The third-order valence-corrected chi connectivity index (χ3v) is 4.92. The van der Waals surface area contributed by atoms with E-state index in [9.17, 15) is 9.59 Å². The van der Waals surface area contributed by atoms with E-state index in [0.29, 0.717) is 19.4 Å². The van der Waals surface area contributed by atoms with E-state index in [1.165, 1.54) is 6.08 Å². The first-order chi connectivity index (χ1) is 17.8. The van der Waals surface area contributed by atoms with Crippen LogP contribution in [0.2, 0.25) is 0 Å². The molecule has 0 aromatic carbocycles. The van der Waals surface area contributed by atoms with Crippen molar-refractivity contribution in [2.45, 2.75) is 85.5 Å². The van der Waals surface area contributed by atoms with Crippen molar-refractivity contribution < 1.29 is 19.2 Å². The van der Waals surface area contributed by atoms with Crippen LogP contribution in [-0.2, 0) is 19.2 Å². The zero-order valence-electron chi connectivity index (χ0n) is 23.3. The lowest BCUT2D eigenvalue weighted by molar-refractivity contribution is -0.191. The number of allylic oxidation sites excluding steroid dienone is 13. The summed E-state index contributed by atoms with van der Waals surface area (Å²) in [5, 5.41) is 2.85. The minimum atomic E-state index is -0.229. The van der Waals surface area contributed by atoms with Gasteiger partial charge < -0.3 is 5.32 Å². The first-order valence-corrected chi connectivity index (χ1v) is 13.1. The highest BCUT2D eigenvalue weighted by Gasteiger charge is 2.21. The van der Waals surface area contributed by atoms with E-state index in [2.05, 4.69) is 85.2 Å². The van der Waals surface area contributed by atoms with Gasteiger partial charge in [-0.05, 0) is 63.4 Å². The van der Waals surface area contributed by atoms with Gasteiger partial charge in [0.1, 0.15) is 5.78 Å². The van der Waals surface area contributed by atoms with E-state index in [-0.39, 0.29) is 23.3 Å². The molecule has 0 aromatic rings. The lowest BCUT2D eigenvalue weighted by atomic mass is 9.86. The molecule has 0 saturated heterocycles. The molecule has 0 saturated carbocycles. The van der Waals surface area contributed by atoms with Crippen LogP contribution in [0.3, 0.4) is 0 Å². The Labute approximate surface area is 224 Å². The molecule has 0 atom stereocenters. The number of amides is 1. The van der Waals surface area contributed by atoms with Gasteiger partial charge in [0.25, 0.3) is 0 Å². The van der Waals surface area contributed by atoms with Crippen molar-refractivity contribution in [2.75, 3.05) is 6.54 Å². The fourth-order valence-corrected chi connectivity index (χ4v) is 3.11. The van der Waals surface area contributed by atoms with Crippen LogP contribution in [0.15, 0.2) is 85.1 Å². The predicted octanol–water partition coefficient (Wildman–Crippen LogP) is 7.56. The maximum Gasteiger partial charge on any atom is 0.373 e. The number of hydrogen-bond acceptors (Lipinski definition) is 4. The van der Waals surface area contributed by atoms with Gasteiger partial charge in [0.05, 0.1) is 0 Å². The van der Waals surface area contributed by atoms with Crippen LogP contribution >= 0.6 is 0 Å². The van der Waals surface area contributed by atoms with Crippen molar-refractivity contribution in [3.63, 3.8) is 0 Å². The van der Waals surface area contributed by atoms with Crippen LogP contribution in [0.25, 0.3) is 0 Å². The molecule has 0 aliphatic rings. The summed E-state index contributed by atoms with van der Waals surface area (Å²) in [5.74, 6) is 0.130. The van der Waals surface area contributed by atoms with Crippen LogP contribution in [0.1, 0.15) is 85.5 Å². The monoisotopic (exact) mass is 509 g/mol. The molecule has 0 radical (unpaired) electrons. The van der Waals surface area contributed by atoms with E-state index in [1.807, 2.05) is 20.8 Å². The molecular weight excluding hydrogens is 462 g/mol. The summed E-state index contributed by atoms with van der Waals surface area (Å²) in [4.78, 5) is 40.0. The quantitative estimate of drug-likeness (QED) is 0.144. The molecule has 37 heavy (non-hydrogen) atoms. The van der Waals surface area contributed by atoms with E-state index >= 15 is 0 Å². The second-order valence-electron chi connectivity index (χ2n) is 9.13. The average Bonchev–Trinajstić information content (AvgIpc) is 2.84. The van der Waals surface area contributed by atoms with Crippen LogP contribution < -0.4 is 5.32 Å². The van der Waals surface area contributed by atoms with Crippen LogP contribution in [0, 0.1) is 5.41 Å². The van der Waals surface area contributed by atoms with Gasteiger partial charge in [-0.25, -0.2) is 0 Å². The molecule has 0 unspecified atom stereocenters. The number of carbonyl (C=O) groups is 2. The highest BCUT2D eigenvalue weighted by Crippen LogP contribution is 2.20. The van der Waals surface area contributed by atoms with Crippen molar-refractivity contribution in [1.29, 1.82) is 0 Å². The molecule has 1 amide bonds. The maximum absolute atomic E-state index is 12.2. The Morgan fingerprint density at radius 2 is 1.14 bits per heavy atom. The van der Waals surface area contributed by atoms with Gasteiger partial charge in [-0.2, -0.15) is 9.59 Å². The molecular formula is C32H47NO4. The Balaban J connectivity index is 0. The molecule has 5 heteroatoms. The van der Waals surface area contributed by atoms with E-state index in [4.69, 9.17) is 9.59 Å². The van der Waals surface area contributed by atoms with Gasteiger partial charge >= 0.3 is 6.15 Å². The number of rotatable bonds is 19. The van der Waals surface area contributed by atoms with Gasteiger partial charge in [0, 0.05) is 19.4 Å². The first kappa shape index (κ1) is 35.9. The van der Waals surface area contributed by atoms with Crippen molar-refractivity contribution in [3.05, 3.63) is 85.1 Å². The molecule has 204 valence electrons. The molecule has 0 rings (SSSR count). The molecule has 0 aromatic heterocycles. The van der Waals surface area contributed by atoms with Gasteiger partial charge in [-0.1, -0.05) is 99.8 Å². The molecule has 0 aliphatic heterocycles. The molecule has 1 N–H and O–H groups in total. The van der Waals surface area contributed by atoms with Gasteiger partial charge in [0.15, 0.2) is 0 Å². The van der Waals surface area contributed by atoms with Crippen molar-refractivity contribution in [3.8, 4) is 0 Å². The van der Waals surface area contributed by atoms with Crippen LogP contribution in [0.5, 0.6) is 0 Å². The highest BCUT2D eigenvalue weighted by molar-refractivity contribution is 5.87. The lowest BCUT2D eigenvalue weighted by Gasteiger charge is -2.23. The van der Waals surface area contributed by atoms with Gasteiger partial charge in [0.2, 0.25) is 5.91 Å². The fraction of sp³-hybridized carbons (Fsp3) is 0.469. The fourth-order valence-electron chi connectivity index (χ4n) is 3.11. The number of hydrogen-bond donors (Lipinski definition) is 1. The summed E-state index contributed by atoms with van der Waals surface area (Å²) in [6.07, 6.45) is 37.4. The highest BCUT2D eigenvalue weighted by atomic mass is 16.2. The number of carbonyl (C=O) groups excluding carboxylic acids is 4. The Morgan fingerprint density at radius 1 is 0.730 bits per heavy atom. The normalized spacial score (nSPS) is 12.4. The topological polar surface area (TPSA) is 80.3 Å². The van der Waals surface area contributed by atoms with Crippen molar-refractivity contribution in [2.24, 2.45) is 5.41 Å². The first-order valence-electron chi connectivity index (χ1n) is 13.1. The Kier molecular flexibility index (Phi) is 26.4. The Bertz CT molecular complexity index is 833. The molecule has 0 bridgehead atoms. The molecule has 5 nitrogen and oxygen atoms in total. The zero-order chi connectivity index (χ0) is 28.0. The second-order valence-corrected chi connectivity index (χ2v) is 9.13. The number of nitrogens with one attached hydrogen (secondary N) is 1.